The van der Waals surface area contributed by atoms with E-state index in [9.17, 15) is 0 Å². The van der Waals surface area contributed by atoms with Crippen molar-refractivity contribution in [2.45, 2.75) is 0 Å². The summed E-state index contributed by atoms with van der Waals surface area (Å²) in [6.07, 6.45) is 0. The van der Waals surface area contributed by atoms with Crippen LogP contribution in [-0.4, -0.2) is 21.3 Å². The Morgan fingerprint density at radius 3 is 1.93 bits per heavy atom. The highest BCUT2D eigenvalue weighted by Gasteiger charge is 2.19. The number of methoxy groups -OCH3 is 3. The third-order valence-corrected chi connectivity index (χ3v) is 2.31. The average molecular weight is 250 g/mol. The zero-order valence-corrected chi connectivity index (χ0v) is 10.1. The number of benzene rings is 1. The van der Waals surface area contributed by atoms with E-state index >= 15 is 0 Å². The molecule has 0 heterocycles. The molecule has 1 aromatic carbocycles. The molecular weight excluding hydrogens is 239 g/mol. The number of ether oxygens (including phenoxy) is 3. The highest BCUT2D eigenvalue weighted by molar-refractivity contribution is 6.54. The van der Waals surface area contributed by atoms with Gasteiger partial charge in [0.15, 0.2) is 16.3 Å². The van der Waals surface area contributed by atoms with Crippen molar-refractivity contribution in [2.75, 3.05) is 21.3 Å². The topological polar surface area (TPSA) is 27.7 Å². The van der Waals surface area contributed by atoms with Crippen molar-refractivity contribution in [3.05, 3.63) is 22.5 Å². The zero-order chi connectivity index (χ0) is 11.4. The first-order valence-corrected chi connectivity index (χ1v) is 4.88. The van der Waals surface area contributed by atoms with Gasteiger partial charge in [0, 0.05) is 5.56 Å². The summed E-state index contributed by atoms with van der Waals surface area (Å²) in [4.78, 5) is 0.118. The summed E-state index contributed by atoms with van der Waals surface area (Å²) < 4.78 is 15.5. The van der Waals surface area contributed by atoms with Gasteiger partial charge in [0.1, 0.15) is 0 Å². The molecule has 83 valence electrons. The van der Waals surface area contributed by atoms with Crippen molar-refractivity contribution in [3.8, 4) is 17.2 Å². The monoisotopic (exact) mass is 249 g/mol. The Balaban J connectivity index is 3.34. The van der Waals surface area contributed by atoms with Gasteiger partial charge in [0.25, 0.3) is 0 Å². The lowest BCUT2D eigenvalue weighted by Gasteiger charge is -2.15. The first-order valence-electron chi connectivity index (χ1n) is 4.13. The van der Waals surface area contributed by atoms with Crippen LogP contribution < -0.4 is 14.2 Å². The Hall–Kier alpha value is -0.800. The minimum absolute atomic E-state index is 0.118. The van der Waals surface area contributed by atoms with Gasteiger partial charge in [-0.15, -0.1) is 0 Å². The smallest absolute Gasteiger partial charge is 0.203 e. The van der Waals surface area contributed by atoms with Crippen molar-refractivity contribution in [2.24, 2.45) is 0 Å². The minimum atomic E-state index is 0.118. The second-order valence-electron chi connectivity index (χ2n) is 2.64. The van der Waals surface area contributed by atoms with Crippen LogP contribution in [0.15, 0.2) is 12.1 Å². The maximum absolute atomic E-state index is 5.72. The highest BCUT2D eigenvalue weighted by Crippen LogP contribution is 2.44. The van der Waals surface area contributed by atoms with Gasteiger partial charge in [-0.05, 0) is 12.1 Å². The quantitative estimate of drug-likeness (QED) is 0.821. The van der Waals surface area contributed by atoms with Gasteiger partial charge in [-0.3, -0.25) is 0 Å². The van der Waals surface area contributed by atoms with E-state index in [2.05, 4.69) is 0 Å². The predicted molar refractivity (Wildman–Crippen MR) is 60.1 cm³/mol. The summed E-state index contributed by atoms with van der Waals surface area (Å²) in [5.74, 6) is 1.49. The fourth-order valence-corrected chi connectivity index (χ4v) is 1.55. The van der Waals surface area contributed by atoms with Gasteiger partial charge in [-0.25, -0.2) is 0 Å². The van der Waals surface area contributed by atoms with Crippen molar-refractivity contribution >= 4 is 23.2 Å². The van der Waals surface area contributed by atoms with Crippen LogP contribution in [0, 0.1) is 4.84 Å². The standard InChI is InChI=1S/C10H11Cl2O3/c1-13-7-5-4-6(10(11)12)8(14-2)9(7)15-3/h4-5H,1-3H3. The molecule has 0 saturated heterocycles. The van der Waals surface area contributed by atoms with Crippen molar-refractivity contribution in [1.82, 2.24) is 0 Å². The Kier molecular flexibility index (Phi) is 4.36. The second-order valence-corrected chi connectivity index (χ2v) is 3.59. The van der Waals surface area contributed by atoms with E-state index in [4.69, 9.17) is 37.4 Å². The number of halogens is 2. The van der Waals surface area contributed by atoms with Gasteiger partial charge in [-0.1, -0.05) is 23.2 Å². The molecule has 0 fully saturated rings. The van der Waals surface area contributed by atoms with E-state index in [-0.39, 0.29) is 4.84 Å². The molecule has 15 heavy (non-hydrogen) atoms. The first-order chi connectivity index (χ1) is 7.15. The van der Waals surface area contributed by atoms with Gasteiger partial charge < -0.3 is 14.2 Å². The highest BCUT2D eigenvalue weighted by atomic mass is 35.5. The number of hydrogen-bond donors (Lipinski definition) is 0. The van der Waals surface area contributed by atoms with Crippen molar-refractivity contribution in [1.29, 1.82) is 0 Å². The second kappa shape index (κ2) is 5.33. The van der Waals surface area contributed by atoms with Crippen molar-refractivity contribution < 1.29 is 14.2 Å². The molecule has 0 bridgehead atoms. The summed E-state index contributed by atoms with van der Waals surface area (Å²) in [6, 6.07) is 3.41. The molecule has 0 unspecified atom stereocenters. The van der Waals surface area contributed by atoms with Crippen LogP contribution in [0.1, 0.15) is 5.56 Å². The van der Waals surface area contributed by atoms with E-state index < -0.39 is 0 Å². The van der Waals surface area contributed by atoms with Crippen LogP contribution >= 0.6 is 23.2 Å². The summed E-state index contributed by atoms with van der Waals surface area (Å²) >= 11 is 11.4. The molecule has 1 aromatic rings. The summed E-state index contributed by atoms with van der Waals surface area (Å²) in [7, 11) is 4.58. The lowest BCUT2D eigenvalue weighted by atomic mass is 10.2. The molecule has 0 spiro atoms. The largest absolute Gasteiger partial charge is 0.493 e. The van der Waals surface area contributed by atoms with Crippen molar-refractivity contribution in [3.63, 3.8) is 0 Å². The van der Waals surface area contributed by atoms with Gasteiger partial charge in [0.05, 0.1) is 21.3 Å². The minimum Gasteiger partial charge on any atom is -0.493 e. The molecule has 0 aromatic heterocycles. The zero-order valence-electron chi connectivity index (χ0n) is 8.64. The lowest BCUT2D eigenvalue weighted by Crippen LogP contribution is -1.98. The predicted octanol–water partition coefficient (Wildman–Crippen LogP) is 3.03. The number of hydrogen-bond acceptors (Lipinski definition) is 3. The van der Waals surface area contributed by atoms with Crippen LogP contribution in [0.25, 0.3) is 0 Å². The Morgan fingerprint density at radius 1 is 0.933 bits per heavy atom. The van der Waals surface area contributed by atoms with Gasteiger partial charge >= 0.3 is 0 Å². The fraction of sp³-hybridized carbons (Fsp3) is 0.300. The molecule has 0 amide bonds. The SMILES string of the molecule is COc1ccc([C](Cl)Cl)c(OC)c1OC. The Bertz CT molecular complexity index is 340. The number of rotatable bonds is 4. The maximum Gasteiger partial charge on any atom is 0.203 e. The van der Waals surface area contributed by atoms with Crippen LogP contribution in [0.3, 0.4) is 0 Å². The van der Waals surface area contributed by atoms with Gasteiger partial charge in [-0.2, -0.15) is 0 Å². The summed E-state index contributed by atoms with van der Waals surface area (Å²) in [6.45, 7) is 0. The molecule has 0 aliphatic carbocycles. The maximum atomic E-state index is 5.72. The molecule has 0 saturated carbocycles. The molecule has 0 aliphatic rings. The van der Waals surface area contributed by atoms with E-state index in [1.807, 2.05) is 0 Å². The molecule has 3 nitrogen and oxygen atoms in total. The van der Waals surface area contributed by atoms with E-state index in [1.54, 1.807) is 19.2 Å². The van der Waals surface area contributed by atoms with E-state index in [0.717, 1.165) is 0 Å². The third kappa shape index (κ3) is 2.41. The van der Waals surface area contributed by atoms with Gasteiger partial charge in [0.2, 0.25) is 5.75 Å². The molecular formula is C10H11Cl2O3. The Morgan fingerprint density at radius 2 is 1.53 bits per heavy atom. The fourth-order valence-electron chi connectivity index (χ4n) is 1.25. The lowest BCUT2D eigenvalue weighted by molar-refractivity contribution is 0.323. The Labute approximate surface area is 98.8 Å². The molecule has 0 N–H and O–H groups in total. The average Bonchev–Trinajstić information content (AvgIpc) is 2.26. The molecule has 0 atom stereocenters. The van der Waals surface area contributed by atoms with Crippen LogP contribution in [-0.2, 0) is 0 Å². The summed E-state index contributed by atoms with van der Waals surface area (Å²) in [5.41, 5.74) is 0.568. The van der Waals surface area contributed by atoms with Crippen LogP contribution in [0.5, 0.6) is 17.2 Å². The first kappa shape index (κ1) is 12.3. The van der Waals surface area contributed by atoms with Crippen LogP contribution in [0.2, 0.25) is 0 Å². The summed E-state index contributed by atoms with van der Waals surface area (Å²) in [5, 5.41) is 0. The van der Waals surface area contributed by atoms with E-state index in [0.29, 0.717) is 22.8 Å². The molecule has 0 aliphatic heterocycles. The molecule has 5 heteroatoms. The molecule has 1 rings (SSSR count). The normalized spacial score (nSPS) is 10.3. The van der Waals surface area contributed by atoms with E-state index in [1.165, 1.54) is 14.2 Å². The third-order valence-electron chi connectivity index (χ3n) is 1.91. The van der Waals surface area contributed by atoms with Crippen LogP contribution in [0.4, 0.5) is 0 Å². The molecule has 1 radical (unpaired) electrons.